The van der Waals surface area contributed by atoms with Crippen molar-refractivity contribution in [1.29, 1.82) is 0 Å². The lowest BCUT2D eigenvalue weighted by atomic mass is 10.1. The number of carbonyl (C=O) groups excluding carboxylic acids is 2. The van der Waals surface area contributed by atoms with Crippen molar-refractivity contribution in [2.45, 2.75) is 13.3 Å². The number of pyridine rings is 2. The Labute approximate surface area is 179 Å². The molecule has 158 valence electrons. The van der Waals surface area contributed by atoms with E-state index in [1.54, 1.807) is 35.5 Å². The van der Waals surface area contributed by atoms with Crippen LogP contribution in [0, 0.1) is 11.7 Å². The molecule has 0 spiro atoms. The van der Waals surface area contributed by atoms with Gasteiger partial charge in [-0.05, 0) is 66.1 Å². The molecule has 4 rings (SSSR count). The van der Waals surface area contributed by atoms with Crippen LogP contribution in [0.2, 0.25) is 0 Å². The Morgan fingerprint density at radius 2 is 1.65 bits per heavy atom. The monoisotopic (exact) mass is 419 g/mol. The van der Waals surface area contributed by atoms with Gasteiger partial charge in [0, 0.05) is 38.1 Å². The Bertz CT molecular complexity index is 1100. The van der Waals surface area contributed by atoms with Crippen LogP contribution in [0.5, 0.6) is 0 Å². The molecule has 1 fully saturated rings. The van der Waals surface area contributed by atoms with Crippen molar-refractivity contribution >= 4 is 29.1 Å². The fourth-order valence-electron chi connectivity index (χ4n) is 3.53. The minimum Gasteiger partial charge on any atom is -0.342 e. The van der Waals surface area contributed by atoms with E-state index in [0.717, 1.165) is 16.8 Å². The lowest BCUT2D eigenvalue weighted by Gasteiger charge is -2.14. The molecule has 1 saturated heterocycles. The normalized spacial score (nSPS) is 15.5. The van der Waals surface area contributed by atoms with Gasteiger partial charge >= 0.3 is 0 Å². The van der Waals surface area contributed by atoms with Crippen molar-refractivity contribution in [1.82, 2.24) is 14.9 Å². The number of hydrogen-bond donors (Lipinski definition) is 2. The summed E-state index contributed by atoms with van der Waals surface area (Å²) in [6, 6.07) is 13.4. The molecule has 1 unspecified atom stereocenters. The Morgan fingerprint density at radius 3 is 2.29 bits per heavy atom. The third kappa shape index (κ3) is 5.03. The summed E-state index contributed by atoms with van der Waals surface area (Å²) in [5.74, 6) is 0.377. The molecule has 1 aliphatic heterocycles. The number of rotatable bonds is 5. The molecule has 0 saturated carbocycles. The molecule has 0 bridgehead atoms. The molecular formula is C23H22FN5O2. The third-order valence-corrected chi connectivity index (χ3v) is 5.23. The molecular weight excluding hydrogens is 397 g/mol. The Balaban J connectivity index is 1.46. The average molecular weight is 419 g/mol. The van der Waals surface area contributed by atoms with E-state index >= 15 is 0 Å². The number of halogens is 1. The van der Waals surface area contributed by atoms with Gasteiger partial charge in [0.25, 0.3) is 0 Å². The smallest absolute Gasteiger partial charge is 0.230 e. The number of aromatic nitrogens is 2. The molecule has 2 N–H and O–H groups in total. The predicted octanol–water partition coefficient (Wildman–Crippen LogP) is 3.83. The second-order valence-electron chi connectivity index (χ2n) is 7.43. The van der Waals surface area contributed by atoms with Crippen molar-refractivity contribution in [2.24, 2.45) is 5.92 Å². The van der Waals surface area contributed by atoms with Crippen LogP contribution >= 0.6 is 0 Å². The lowest BCUT2D eigenvalue weighted by Crippen LogP contribution is -2.29. The second kappa shape index (κ2) is 8.91. The zero-order valence-corrected chi connectivity index (χ0v) is 17.0. The van der Waals surface area contributed by atoms with Crippen LogP contribution in [-0.4, -0.2) is 39.8 Å². The van der Waals surface area contributed by atoms with Gasteiger partial charge in [0.1, 0.15) is 17.5 Å². The van der Waals surface area contributed by atoms with Crippen molar-refractivity contribution in [2.75, 3.05) is 23.7 Å². The van der Waals surface area contributed by atoms with Crippen LogP contribution in [0.4, 0.5) is 21.7 Å². The van der Waals surface area contributed by atoms with Crippen LogP contribution in [0.1, 0.15) is 13.3 Å². The number of carbonyl (C=O) groups is 2. The molecule has 31 heavy (non-hydrogen) atoms. The highest BCUT2D eigenvalue weighted by molar-refractivity contribution is 5.93. The van der Waals surface area contributed by atoms with Crippen LogP contribution in [0.25, 0.3) is 11.1 Å². The summed E-state index contributed by atoms with van der Waals surface area (Å²) < 4.78 is 13.1. The summed E-state index contributed by atoms with van der Waals surface area (Å²) in [4.78, 5) is 34.3. The molecule has 7 nitrogen and oxygen atoms in total. The number of benzene rings is 1. The first-order valence-electron chi connectivity index (χ1n) is 9.99. The predicted molar refractivity (Wildman–Crippen MR) is 116 cm³/mol. The zero-order valence-electron chi connectivity index (χ0n) is 17.0. The molecule has 0 radical (unpaired) electrons. The summed E-state index contributed by atoms with van der Waals surface area (Å²) in [6.45, 7) is 2.55. The minimum absolute atomic E-state index is 0.0156. The maximum atomic E-state index is 13.1. The first kappa shape index (κ1) is 20.5. The van der Waals surface area contributed by atoms with Crippen molar-refractivity contribution in [3.63, 3.8) is 0 Å². The molecule has 2 aromatic heterocycles. The second-order valence-corrected chi connectivity index (χ2v) is 7.43. The van der Waals surface area contributed by atoms with Crippen LogP contribution in [-0.2, 0) is 9.59 Å². The number of nitrogens with zero attached hydrogens (tertiary/aromatic N) is 3. The topological polar surface area (TPSA) is 87.2 Å². The fraction of sp³-hybridized carbons (Fsp3) is 0.217. The first-order chi connectivity index (χ1) is 15.0. The number of hydrogen-bond acceptors (Lipinski definition) is 5. The summed E-state index contributed by atoms with van der Waals surface area (Å²) in [5.41, 5.74) is 2.48. The Hall–Kier alpha value is -3.81. The quantitative estimate of drug-likeness (QED) is 0.656. The molecule has 1 aromatic carbocycles. The standard InChI is InChI=1S/C23H22FN5O2/c1-15(30)29-11-8-18(14-29)23(31)28-22-13-17(7-10-26-22)16-6-9-25-21(12-16)27-20-4-2-19(24)3-5-20/h2-7,9-10,12-13,18H,8,11,14H2,1H3,(H,25,27)(H,26,28,31). The molecule has 1 aliphatic rings. The Morgan fingerprint density at radius 1 is 1.00 bits per heavy atom. The van der Waals surface area contributed by atoms with E-state index in [-0.39, 0.29) is 23.5 Å². The van der Waals surface area contributed by atoms with E-state index in [0.29, 0.717) is 31.1 Å². The van der Waals surface area contributed by atoms with Crippen molar-refractivity contribution < 1.29 is 14.0 Å². The van der Waals surface area contributed by atoms with Crippen LogP contribution in [0.15, 0.2) is 60.9 Å². The van der Waals surface area contributed by atoms with E-state index in [1.165, 1.54) is 19.1 Å². The summed E-state index contributed by atoms with van der Waals surface area (Å²) >= 11 is 0. The largest absolute Gasteiger partial charge is 0.342 e. The van der Waals surface area contributed by atoms with E-state index < -0.39 is 0 Å². The number of likely N-dealkylation sites (tertiary alicyclic amines) is 1. The van der Waals surface area contributed by atoms with Gasteiger partial charge in [-0.2, -0.15) is 0 Å². The highest BCUT2D eigenvalue weighted by Gasteiger charge is 2.29. The molecule has 8 heteroatoms. The summed E-state index contributed by atoms with van der Waals surface area (Å²) in [5, 5.41) is 6.00. The van der Waals surface area contributed by atoms with Gasteiger partial charge in [-0.1, -0.05) is 0 Å². The minimum atomic E-state index is -0.301. The summed E-state index contributed by atoms with van der Waals surface area (Å²) in [7, 11) is 0. The maximum Gasteiger partial charge on any atom is 0.230 e. The summed E-state index contributed by atoms with van der Waals surface area (Å²) in [6.07, 6.45) is 3.96. The fourth-order valence-corrected chi connectivity index (χ4v) is 3.53. The van der Waals surface area contributed by atoms with Gasteiger partial charge in [-0.3, -0.25) is 9.59 Å². The number of anilines is 3. The van der Waals surface area contributed by atoms with Crippen LogP contribution < -0.4 is 10.6 Å². The van der Waals surface area contributed by atoms with Crippen LogP contribution in [0.3, 0.4) is 0 Å². The van der Waals surface area contributed by atoms with E-state index in [9.17, 15) is 14.0 Å². The van der Waals surface area contributed by atoms with Crippen molar-refractivity contribution in [3.8, 4) is 11.1 Å². The van der Waals surface area contributed by atoms with Gasteiger partial charge < -0.3 is 15.5 Å². The van der Waals surface area contributed by atoms with E-state index in [1.807, 2.05) is 18.2 Å². The van der Waals surface area contributed by atoms with E-state index in [2.05, 4.69) is 20.6 Å². The van der Waals surface area contributed by atoms with Crippen molar-refractivity contribution in [3.05, 3.63) is 66.7 Å². The number of amides is 2. The number of nitrogens with one attached hydrogen (secondary N) is 2. The van der Waals surface area contributed by atoms with Gasteiger partial charge in [-0.15, -0.1) is 0 Å². The van der Waals surface area contributed by atoms with Gasteiger partial charge in [0.05, 0.1) is 5.92 Å². The third-order valence-electron chi connectivity index (χ3n) is 5.23. The molecule has 3 aromatic rings. The lowest BCUT2D eigenvalue weighted by molar-refractivity contribution is -0.128. The zero-order chi connectivity index (χ0) is 21.8. The molecule has 2 amide bonds. The average Bonchev–Trinajstić information content (AvgIpc) is 3.27. The Kier molecular flexibility index (Phi) is 5.88. The van der Waals surface area contributed by atoms with Gasteiger partial charge in [-0.25, -0.2) is 14.4 Å². The highest BCUT2D eigenvalue weighted by atomic mass is 19.1. The maximum absolute atomic E-state index is 13.1. The molecule has 0 aliphatic carbocycles. The van der Waals surface area contributed by atoms with Gasteiger partial charge in [0.2, 0.25) is 11.8 Å². The molecule has 3 heterocycles. The first-order valence-corrected chi connectivity index (χ1v) is 9.99. The SMILES string of the molecule is CC(=O)N1CCC(C(=O)Nc2cc(-c3ccnc(Nc4ccc(F)cc4)c3)ccn2)C1. The van der Waals surface area contributed by atoms with E-state index in [4.69, 9.17) is 0 Å². The van der Waals surface area contributed by atoms with Gasteiger partial charge in [0.15, 0.2) is 0 Å². The molecule has 1 atom stereocenters. The highest BCUT2D eigenvalue weighted by Crippen LogP contribution is 2.25.